The molecule has 3 rings (SSSR count). The van der Waals surface area contributed by atoms with Crippen LogP contribution in [0.2, 0.25) is 0 Å². The van der Waals surface area contributed by atoms with E-state index in [0.717, 1.165) is 15.8 Å². The minimum Gasteiger partial charge on any atom is -0.494 e. The molecule has 2 heterocycles. The van der Waals surface area contributed by atoms with E-state index in [1.54, 1.807) is 35.7 Å². The summed E-state index contributed by atoms with van der Waals surface area (Å²) in [7, 11) is 1.46. The number of hydrogen-bond acceptors (Lipinski definition) is 4. The molecule has 0 aliphatic heterocycles. The van der Waals surface area contributed by atoms with Crippen molar-refractivity contribution in [2.24, 2.45) is 5.73 Å². The Bertz CT molecular complexity index is 772. The van der Waals surface area contributed by atoms with Gasteiger partial charge in [0.25, 0.3) is 0 Å². The number of nitrogens with two attached hydrogens (primary N) is 1. The Labute approximate surface area is 126 Å². The van der Waals surface area contributed by atoms with Gasteiger partial charge in [-0.3, -0.25) is 4.98 Å². The molecular formula is C16H15FN2OS. The first-order valence-electron chi connectivity index (χ1n) is 6.59. The summed E-state index contributed by atoms with van der Waals surface area (Å²) in [6.45, 7) is 0. The Morgan fingerprint density at radius 3 is 3.05 bits per heavy atom. The zero-order valence-electron chi connectivity index (χ0n) is 11.5. The quantitative estimate of drug-likeness (QED) is 0.799. The maximum atomic E-state index is 14.2. The summed E-state index contributed by atoms with van der Waals surface area (Å²) >= 11 is 1.62. The molecular weight excluding hydrogens is 287 g/mol. The molecule has 0 spiro atoms. The van der Waals surface area contributed by atoms with Crippen LogP contribution in [-0.4, -0.2) is 12.1 Å². The molecule has 108 valence electrons. The van der Waals surface area contributed by atoms with Crippen molar-refractivity contribution >= 4 is 21.6 Å². The number of nitrogens with zero attached hydrogens (tertiary/aromatic N) is 1. The molecule has 0 saturated carbocycles. The normalized spacial score (nSPS) is 12.5. The molecule has 0 bridgehead atoms. The van der Waals surface area contributed by atoms with Crippen LogP contribution in [-0.2, 0) is 6.42 Å². The van der Waals surface area contributed by atoms with Gasteiger partial charge >= 0.3 is 0 Å². The van der Waals surface area contributed by atoms with Crippen LogP contribution in [0.25, 0.3) is 10.2 Å². The maximum absolute atomic E-state index is 14.2. The number of fused-ring (bicyclic) bond motifs is 1. The van der Waals surface area contributed by atoms with Crippen molar-refractivity contribution in [2.45, 2.75) is 12.5 Å². The predicted molar refractivity (Wildman–Crippen MR) is 83.2 cm³/mol. The van der Waals surface area contributed by atoms with Crippen LogP contribution in [0.3, 0.4) is 0 Å². The van der Waals surface area contributed by atoms with E-state index in [2.05, 4.69) is 4.98 Å². The van der Waals surface area contributed by atoms with Gasteiger partial charge in [-0.2, -0.15) is 0 Å². The summed E-state index contributed by atoms with van der Waals surface area (Å²) in [6, 6.07) is 8.79. The third-order valence-corrected chi connectivity index (χ3v) is 4.31. The van der Waals surface area contributed by atoms with E-state index >= 15 is 0 Å². The Morgan fingerprint density at radius 1 is 1.38 bits per heavy atom. The van der Waals surface area contributed by atoms with Crippen LogP contribution in [0.1, 0.15) is 17.2 Å². The third kappa shape index (κ3) is 2.75. The highest BCUT2D eigenvalue weighted by Gasteiger charge is 2.14. The number of thiophene rings is 1. The second kappa shape index (κ2) is 5.79. The first-order valence-corrected chi connectivity index (χ1v) is 7.47. The lowest BCUT2D eigenvalue weighted by atomic mass is 10.0. The zero-order chi connectivity index (χ0) is 14.8. The van der Waals surface area contributed by atoms with Gasteiger partial charge in [-0.05, 0) is 41.1 Å². The molecule has 1 unspecified atom stereocenters. The van der Waals surface area contributed by atoms with E-state index in [9.17, 15) is 4.39 Å². The fourth-order valence-corrected chi connectivity index (χ4v) is 3.08. The van der Waals surface area contributed by atoms with Gasteiger partial charge in [-0.15, -0.1) is 11.3 Å². The average Bonchev–Trinajstić information content (AvgIpc) is 2.96. The fourth-order valence-electron chi connectivity index (χ4n) is 2.29. The van der Waals surface area contributed by atoms with Gasteiger partial charge in [0.1, 0.15) is 0 Å². The highest BCUT2D eigenvalue weighted by atomic mass is 32.1. The Kier molecular flexibility index (Phi) is 3.86. The Hall–Kier alpha value is -1.98. The number of pyridine rings is 1. The van der Waals surface area contributed by atoms with E-state index in [4.69, 9.17) is 10.5 Å². The van der Waals surface area contributed by atoms with Crippen molar-refractivity contribution in [2.75, 3.05) is 7.11 Å². The highest BCUT2D eigenvalue weighted by molar-refractivity contribution is 7.17. The first-order chi connectivity index (χ1) is 10.2. The average molecular weight is 302 g/mol. The Morgan fingerprint density at radius 2 is 2.24 bits per heavy atom. The smallest absolute Gasteiger partial charge is 0.168 e. The molecule has 0 amide bonds. The summed E-state index contributed by atoms with van der Waals surface area (Å²) in [5, 5.41) is 1.99. The maximum Gasteiger partial charge on any atom is 0.168 e. The second-order valence-corrected chi connectivity index (χ2v) is 5.76. The summed E-state index contributed by atoms with van der Waals surface area (Å²) in [5.41, 5.74) is 8.62. The standard InChI is InChI=1S/C16H15FN2OS/c1-20-14-4-2-3-10(16(14)17)7-12(18)11-8-15-13(19-9-11)5-6-21-15/h2-6,8-9,12H,7,18H2,1H3. The number of methoxy groups -OCH3 is 1. The predicted octanol–water partition coefficient (Wildman–Crippen LogP) is 3.69. The Balaban J connectivity index is 1.87. The minimum absolute atomic E-state index is 0.242. The van der Waals surface area contributed by atoms with Crippen LogP contribution < -0.4 is 10.5 Å². The van der Waals surface area contributed by atoms with Gasteiger partial charge in [-0.25, -0.2) is 4.39 Å². The number of halogens is 1. The van der Waals surface area contributed by atoms with Crippen LogP contribution in [0.15, 0.2) is 41.9 Å². The van der Waals surface area contributed by atoms with Crippen molar-refractivity contribution in [3.8, 4) is 5.75 Å². The molecule has 5 heteroatoms. The molecule has 21 heavy (non-hydrogen) atoms. The monoisotopic (exact) mass is 302 g/mol. The summed E-state index contributed by atoms with van der Waals surface area (Å²) in [4.78, 5) is 4.37. The highest BCUT2D eigenvalue weighted by Crippen LogP contribution is 2.26. The van der Waals surface area contributed by atoms with Gasteiger partial charge in [0.2, 0.25) is 0 Å². The molecule has 0 saturated heterocycles. The van der Waals surface area contributed by atoms with Crippen LogP contribution in [0, 0.1) is 5.82 Å². The molecule has 3 nitrogen and oxygen atoms in total. The van der Waals surface area contributed by atoms with Crippen molar-refractivity contribution in [3.05, 3.63) is 58.9 Å². The lowest BCUT2D eigenvalue weighted by Gasteiger charge is -2.13. The summed E-state index contributed by atoms with van der Waals surface area (Å²) in [6.07, 6.45) is 2.17. The summed E-state index contributed by atoms with van der Waals surface area (Å²) in [5.74, 6) is -0.104. The lowest BCUT2D eigenvalue weighted by molar-refractivity contribution is 0.383. The molecule has 1 aromatic carbocycles. The van der Waals surface area contributed by atoms with Crippen molar-refractivity contribution < 1.29 is 9.13 Å². The van der Waals surface area contributed by atoms with Crippen LogP contribution >= 0.6 is 11.3 Å². The number of aromatic nitrogens is 1. The van der Waals surface area contributed by atoms with Gasteiger partial charge in [0.05, 0.1) is 17.3 Å². The minimum atomic E-state index is -0.347. The molecule has 3 aromatic rings. The van der Waals surface area contributed by atoms with Gasteiger partial charge in [0, 0.05) is 12.2 Å². The summed E-state index contributed by atoms with van der Waals surface area (Å²) < 4.78 is 20.2. The largest absolute Gasteiger partial charge is 0.494 e. The second-order valence-electron chi connectivity index (χ2n) is 4.82. The van der Waals surface area contributed by atoms with Crippen molar-refractivity contribution in [3.63, 3.8) is 0 Å². The molecule has 0 aliphatic rings. The lowest BCUT2D eigenvalue weighted by Crippen LogP contribution is -2.14. The van der Waals surface area contributed by atoms with Crippen molar-refractivity contribution in [1.82, 2.24) is 4.98 Å². The molecule has 0 radical (unpaired) electrons. The topological polar surface area (TPSA) is 48.1 Å². The van der Waals surface area contributed by atoms with Gasteiger partial charge < -0.3 is 10.5 Å². The molecule has 0 aliphatic carbocycles. The number of benzene rings is 1. The SMILES string of the molecule is COc1cccc(CC(N)c2cnc3ccsc3c2)c1F. The number of rotatable bonds is 4. The third-order valence-electron chi connectivity index (χ3n) is 3.45. The van der Waals surface area contributed by atoms with E-state index in [0.29, 0.717) is 12.0 Å². The van der Waals surface area contributed by atoms with Crippen LogP contribution in [0.5, 0.6) is 5.75 Å². The number of ether oxygens (including phenoxy) is 1. The van der Waals surface area contributed by atoms with Crippen molar-refractivity contribution in [1.29, 1.82) is 0 Å². The van der Waals surface area contributed by atoms with Gasteiger partial charge in [-0.1, -0.05) is 12.1 Å². The molecule has 1 atom stereocenters. The molecule has 2 N–H and O–H groups in total. The first kappa shape index (κ1) is 14.0. The fraction of sp³-hybridized carbons (Fsp3) is 0.188. The zero-order valence-corrected chi connectivity index (χ0v) is 12.4. The number of hydrogen-bond donors (Lipinski definition) is 1. The van der Waals surface area contributed by atoms with Gasteiger partial charge in [0.15, 0.2) is 11.6 Å². The van der Waals surface area contributed by atoms with E-state index in [-0.39, 0.29) is 17.6 Å². The molecule has 0 fully saturated rings. The molecule has 2 aromatic heterocycles. The van der Waals surface area contributed by atoms with Crippen LogP contribution in [0.4, 0.5) is 4.39 Å². The van der Waals surface area contributed by atoms with E-state index < -0.39 is 0 Å². The van der Waals surface area contributed by atoms with E-state index in [1.807, 2.05) is 17.5 Å². The van der Waals surface area contributed by atoms with E-state index in [1.165, 1.54) is 7.11 Å².